The molecule has 4 nitrogen and oxygen atoms in total. The SMILES string of the molecule is CC(C)(C)OC(=O)N[C@H](/C=C/Br)CO. The Morgan fingerprint density at radius 1 is 1.64 bits per heavy atom. The van der Waals surface area contributed by atoms with Gasteiger partial charge in [-0.15, -0.1) is 0 Å². The Hall–Kier alpha value is -0.550. The number of aliphatic hydroxyl groups excluding tert-OH is 1. The first-order valence-electron chi connectivity index (χ1n) is 4.26. The van der Waals surface area contributed by atoms with E-state index in [1.807, 2.05) is 0 Å². The number of hydrogen-bond donors (Lipinski definition) is 2. The molecule has 0 aliphatic rings. The highest BCUT2D eigenvalue weighted by Gasteiger charge is 2.17. The van der Waals surface area contributed by atoms with Crippen LogP contribution in [0.2, 0.25) is 0 Å². The van der Waals surface area contributed by atoms with E-state index in [9.17, 15) is 4.79 Å². The summed E-state index contributed by atoms with van der Waals surface area (Å²) in [5, 5.41) is 11.4. The fourth-order valence-electron chi connectivity index (χ4n) is 0.701. The molecule has 0 saturated carbocycles. The number of nitrogens with one attached hydrogen (secondary N) is 1. The number of carbonyl (C=O) groups excluding carboxylic acids is 1. The van der Waals surface area contributed by atoms with Crippen molar-refractivity contribution < 1.29 is 14.6 Å². The van der Waals surface area contributed by atoms with Crippen molar-refractivity contribution in [2.24, 2.45) is 0 Å². The van der Waals surface area contributed by atoms with Crippen molar-refractivity contribution >= 4 is 22.0 Å². The first-order chi connectivity index (χ1) is 6.39. The van der Waals surface area contributed by atoms with E-state index in [0.717, 1.165) is 0 Å². The number of amides is 1. The summed E-state index contributed by atoms with van der Waals surface area (Å²) in [4.78, 5) is 12.8. The second-order valence-corrected chi connectivity index (χ2v) is 4.28. The first-order valence-corrected chi connectivity index (χ1v) is 5.18. The smallest absolute Gasteiger partial charge is 0.408 e. The van der Waals surface area contributed by atoms with Crippen molar-refractivity contribution in [2.45, 2.75) is 32.4 Å². The normalized spacial score (nSPS) is 14.1. The van der Waals surface area contributed by atoms with Gasteiger partial charge in [0, 0.05) is 0 Å². The fourth-order valence-corrected chi connectivity index (χ4v) is 1.07. The largest absolute Gasteiger partial charge is 0.444 e. The van der Waals surface area contributed by atoms with Crippen LogP contribution in [0, 0.1) is 0 Å². The van der Waals surface area contributed by atoms with Crippen LogP contribution < -0.4 is 5.32 Å². The van der Waals surface area contributed by atoms with E-state index in [2.05, 4.69) is 21.2 Å². The molecule has 1 atom stereocenters. The van der Waals surface area contributed by atoms with Gasteiger partial charge in [0.15, 0.2) is 0 Å². The minimum Gasteiger partial charge on any atom is -0.444 e. The zero-order valence-corrected chi connectivity index (χ0v) is 10.2. The minimum atomic E-state index is -0.540. The topological polar surface area (TPSA) is 58.6 Å². The molecule has 0 aliphatic carbocycles. The van der Waals surface area contributed by atoms with Gasteiger partial charge in [-0.2, -0.15) is 0 Å². The van der Waals surface area contributed by atoms with E-state index in [4.69, 9.17) is 9.84 Å². The highest BCUT2D eigenvalue weighted by molar-refractivity contribution is 9.11. The molecule has 0 bridgehead atoms. The number of ether oxygens (including phenoxy) is 1. The maximum absolute atomic E-state index is 11.2. The Morgan fingerprint density at radius 2 is 2.21 bits per heavy atom. The van der Waals surface area contributed by atoms with Crippen molar-refractivity contribution in [3.05, 3.63) is 11.1 Å². The molecule has 14 heavy (non-hydrogen) atoms. The van der Waals surface area contributed by atoms with Crippen molar-refractivity contribution in [3.63, 3.8) is 0 Å². The molecule has 0 aliphatic heterocycles. The van der Waals surface area contributed by atoms with Crippen LogP contribution >= 0.6 is 15.9 Å². The zero-order chi connectivity index (χ0) is 11.2. The van der Waals surface area contributed by atoms with Crippen LogP contribution in [-0.2, 0) is 4.74 Å². The Kier molecular flexibility index (Phi) is 5.79. The van der Waals surface area contributed by atoms with E-state index in [-0.39, 0.29) is 6.61 Å². The van der Waals surface area contributed by atoms with Crippen LogP contribution in [0.1, 0.15) is 20.8 Å². The predicted octanol–water partition coefficient (Wildman–Crippen LogP) is 1.78. The van der Waals surface area contributed by atoms with Crippen LogP contribution in [0.4, 0.5) is 4.79 Å². The lowest BCUT2D eigenvalue weighted by Gasteiger charge is -2.21. The van der Waals surface area contributed by atoms with Crippen LogP contribution in [0.15, 0.2) is 11.1 Å². The Morgan fingerprint density at radius 3 is 2.57 bits per heavy atom. The van der Waals surface area contributed by atoms with Crippen molar-refractivity contribution in [1.29, 1.82) is 0 Å². The van der Waals surface area contributed by atoms with E-state index < -0.39 is 17.7 Å². The summed E-state index contributed by atoms with van der Waals surface area (Å²) >= 11 is 3.06. The summed E-state index contributed by atoms with van der Waals surface area (Å²) in [7, 11) is 0. The quantitative estimate of drug-likeness (QED) is 0.818. The minimum absolute atomic E-state index is 0.165. The third-order valence-corrected chi connectivity index (χ3v) is 1.51. The molecule has 0 unspecified atom stereocenters. The molecule has 1 amide bonds. The molecule has 2 N–H and O–H groups in total. The van der Waals surface area contributed by atoms with Crippen LogP contribution in [-0.4, -0.2) is 29.4 Å². The highest BCUT2D eigenvalue weighted by Crippen LogP contribution is 2.06. The van der Waals surface area contributed by atoms with E-state index in [1.54, 1.807) is 31.8 Å². The summed E-state index contributed by atoms with van der Waals surface area (Å²) in [6, 6.07) is -0.427. The van der Waals surface area contributed by atoms with Gasteiger partial charge in [-0.3, -0.25) is 0 Å². The number of carbonyl (C=O) groups is 1. The molecule has 0 aromatic carbocycles. The van der Waals surface area contributed by atoms with E-state index >= 15 is 0 Å². The average molecular weight is 266 g/mol. The third kappa shape index (κ3) is 6.91. The van der Waals surface area contributed by atoms with Crippen LogP contribution in [0.3, 0.4) is 0 Å². The van der Waals surface area contributed by atoms with Crippen LogP contribution in [0.5, 0.6) is 0 Å². The number of halogens is 1. The summed E-state index contributed by atoms with van der Waals surface area (Å²) < 4.78 is 5.01. The fraction of sp³-hybridized carbons (Fsp3) is 0.667. The molecular weight excluding hydrogens is 250 g/mol. The summed E-state index contributed by atoms with van der Waals surface area (Å²) in [5.41, 5.74) is -0.526. The lowest BCUT2D eigenvalue weighted by molar-refractivity contribution is 0.0498. The highest BCUT2D eigenvalue weighted by atomic mass is 79.9. The van der Waals surface area contributed by atoms with Gasteiger partial charge in [0.25, 0.3) is 0 Å². The lowest BCUT2D eigenvalue weighted by atomic mass is 10.2. The second-order valence-electron chi connectivity index (χ2n) is 3.75. The van der Waals surface area contributed by atoms with Crippen molar-refractivity contribution in [2.75, 3.05) is 6.61 Å². The maximum atomic E-state index is 11.2. The Labute approximate surface area is 92.5 Å². The van der Waals surface area contributed by atoms with Gasteiger partial charge in [-0.1, -0.05) is 22.0 Å². The average Bonchev–Trinajstić information content (AvgIpc) is 2.00. The first kappa shape index (κ1) is 13.4. The van der Waals surface area contributed by atoms with Crippen molar-refractivity contribution in [1.82, 2.24) is 5.32 Å². The molecule has 82 valence electrons. The molecule has 0 fully saturated rings. The summed E-state index contributed by atoms with van der Waals surface area (Å²) in [6.07, 6.45) is 1.08. The van der Waals surface area contributed by atoms with Gasteiger partial charge >= 0.3 is 6.09 Å². The molecule has 0 spiro atoms. The molecule has 0 rings (SSSR count). The molecule has 0 heterocycles. The number of aliphatic hydroxyl groups is 1. The zero-order valence-electron chi connectivity index (χ0n) is 8.58. The monoisotopic (exact) mass is 265 g/mol. The Balaban J connectivity index is 4.04. The number of hydrogen-bond acceptors (Lipinski definition) is 3. The molecule has 0 aromatic heterocycles. The van der Waals surface area contributed by atoms with E-state index in [1.165, 1.54) is 0 Å². The molecular formula is C9H16BrNO3. The molecule has 0 radical (unpaired) electrons. The van der Waals surface area contributed by atoms with Gasteiger partial charge in [0.1, 0.15) is 5.60 Å². The van der Waals surface area contributed by atoms with Gasteiger partial charge in [0.2, 0.25) is 0 Å². The van der Waals surface area contributed by atoms with Gasteiger partial charge in [-0.25, -0.2) is 4.79 Å². The molecule has 0 saturated heterocycles. The van der Waals surface area contributed by atoms with E-state index in [0.29, 0.717) is 0 Å². The number of rotatable bonds is 3. The summed E-state index contributed by atoms with van der Waals surface area (Å²) in [6.45, 7) is 5.17. The maximum Gasteiger partial charge on any atom is 0.408 e. The molecule has 0 aromatic rings. The van der Waals surface area contributed by atoms with Gasteiger partial charge in [0.05, 0.1) is 12.6 Å². The lowest BCUT2D eigenvalue weighted by Crippen LogP contribution is -2.39. The third-order valence-electron chi connectivity index (χ3n) is 1.20. The van der Waals surface area contributed by atoms with Gasteiger partial charge in [-0.05, 0) is 25.8 Å². The summed E-state index contributed by atoms with van der Waals surface area (Å²) in [5.74, 6) is 0. The Bertz CT molecular complexity index is 211. The number of alkyl carbamates (subject to hydrolysis) is 1. The standard InChI is InChI=1S/C9H16BrNO3/c1-9(2,3)14-8(13)11-7(6-12)4-5-10/h4-5,7,12H,6H2,1-3H3,(H,11,13)/b5-4+/t7-/m1/s1. The molecule has 5 heteroatoms. The van der Waals surface area contributed by atoms with Crippen molar-refractivity contribution in [3.8, 4) is 0 Å². The van der Waals surface area contributed by atoms with Gasteiger partial charge < -0.3 is 15.2 Å². The predicted molar refractivity (Wildman–Crippen MR) is 58.3 cm³/mol. The second kappa shape index (κ2) is 6.03. The van der Waals surface area contributed by atoms with Crippen LogP contribution in [0.25, 0.3) is 0 Å².